The van der Waals surface area contributed by atoms with Gasteiger partial charge in [0.1, 0.15) is 0 Å². The van der Waals surface area contributed by atoms with E-state index in [0.717, 1.165) is 4.47 Å². The third-order valence-corrected chi connectivity index (χ3v) is 1.26. The van der Waals surface area contributed by atoms with Gasteiger partial charge in [-0.1, -0.05) is 34.1 Å². The van der Waals surface area contributed by atoms with Crippen LogP contribution in [0.25, 0.3) is 0 Å². The third kappa shape index (κ3) is 5.65. The molecule has 0 amide bonds. The highest BCUT2D eigenvalue weighted by atomic mass is 79.9. The zero-order chi connectivity index (χ0) is 7.82. The van der Waals surface area contributed by atoms with Crippen LogP contribution in [0.3, 0.4) is 0 Å². The number of nitrogens with one attached hydrogen (secondary N) is 1. The topological polar surface area (TPSA) is 40.9 Å². The Morgan fingerprint density at radius 3 is 1.90 bits per heavy atom. The molecule has 0 saturated carbocycles. The van der Waals surface area contributed by atoms with Crippen LogP contribution in [0.4, 0.5) is 0 Å². The van der Waals surface area contributed by atoms with E-state index >= 15 is 0 Å². The lowest BCUT2D eigenvalue weighted by molar-refractivity contribution is 0.697. The van der Waals surface area contributed by atoms with E-state index in [1.54, 1.807) is 0 Å². The van der Waals surface area contributed by atoms with Crippen molar-refractivity contribution in [3.8, 4) is 0 Å². The summed E-state index contributed by atoms with van der Waals surface area (Å²) in [6.45, 7) is 0. The minimum absolute atomic E-state index is 0.250. The van der Waals surface area contributed by atoms with Crippen molar-refractivity contribution >= 4 is 27.4 Å². The summed E-state index contributed by atoms with van der Waals surface area (Å²) in [5, 5.41) is 0. The Balaban J connectivity index is 0.000000236. The molecule has 0 fully saturated rings. The molecule has 1 rings (SSSR count). The maximum absolute atomic E-state index is 8.51. The number of halogens is 1. The van der Waals surface area contributed by atoms with Gasteiger partial charge in [0.25, 0.3) is 0 Å². The molecule has 0 bridgehead atoms. The predicted octanol–water partition coefficient (Wildman–Crippen LogP) is 2.41. The fourth-order valence-electron chi connectivity index (χ4n) is 0.415. The monoisotopic (exact) mass is 219 g/mol. The number of hydrogen-bond donors (Lipinski definition) is 1. The van der Waals surface area contributed by atoms with E-state index in [0.29, 0.717) is 0 Å². The van der Waals surface area contributed by atoms with Crippen molar-refractivity contribution < 1.29 is 4.21 Å². The van der Waals surface area contributed by atoms with Crippen LogP contribution in [0.1, 0.15) is 0 Å². The molecule has 1 aromatic carbocycles. The molecule has 1 aromatic rings. The molecule has 0 heterocycles. The number of rotatable bonds is 0. The summed E-state index contributed by atoms with van der Waals surface area (Å²) in [4.78, 5) is 0. The highest BCUT2D eigenvalue weighted by Gasteiger charge is 1.74. The van der Waals surface area contributed by atoms with Gasteiger partial charge in [-0.3, -0.25) is 0 Å². The van der Waals surface area contributed by atoms with Crippen LogP contribution in [-0.2, 0) is 11.5 Å². The largest absolute Gasteiger partial charge is 0.210 e. The summed E-state index contributed by atoms with van der Waals surface area (Å²) in [7, 11) is 0. The Bertz CT molecular complexity index is 208. The molecule has 0 aliphatic heterocycles. The number of benzene rings is 1. The van der Waals surface area contributed by atoms with Crippen LogP contribution in [0.2, 0.25) is 0 Å². The first-order chi connectivity index (χ1) is 4.81. The van der Waals surface area contributed by atoms with E-state index in [1.165, 1.54) is 0 Å². The summed E-state index contributed by atoms with van der Waals surface area (Å²) in [5.74, 6) is 0. The summed E-state index contributed by atoms with van der Waals surface area (Å²) >= 11 is 3.06. The second-order valence-corrected chi connectivity index (χ2v) is 2.46. The zero-order valence-electron chi connectivity index (χ0n) is 5.08. The fourth-order valence-corrected chi connectivity index (χ4v) is 0.720. The molecule has 0 radical (unpaired) electrons. The van der Waals surface area contributed by atoms with Gasteiger partial charge in [0.05, 0.1) is 0 Å². The smallest absolute Gasteiger partial charge is 0.196 e. The lowest BCUT2D eigenvalue weighted by atomic mass is 10.4. The van der Waals surface area contributed by atoms with E-state index in [4.69, 9.17) is 8.99 Å². The summed E-state index contributed by atoms with van der Waals surface area (Å²) < 4.78 is 15.2. The van der Waals surface area contributed by atoms with E-state index < -0.39 is 0 Å². The molecule has 1 N–H and O–H groups in total. The SMILES string of the molecule is Brc1ccccc1.N=S=O. The molecule has 10 heavy (non-hydrogen) atoms. The maximum atomic E-state index is 8.51. The summed E-state index contributed by atoms with van der Waals surface area (Å²) in [5.41, 5.74) is 0. The molecule has 0 unspecified atom stereocenters. The Labute approximate surface area is 71.4 Å². The first-order valence-electron chi connectivity index (χ1n) is 2.47. The van der Waals surface area contributed by atoms with Crippen molar-refractivity contribution in [2.75, 3.05) is 0 Å². The Morgan fingerprint density at radius 2 is 1.70 bits per heavy atom. The molecule has 4 heteroatoms. The van der Waals surface area contributed by atoms with Crippen molar-refractivity contribution in [3.05, 3.63) is 34.8 Å². The van der Waals surface area contributed by atoms with E-state index in [9.17, 15) is 0 Å². The highest BCUT2D eigenvalue weighted by Crippen LogP contribution is 2.05. The fraction of sp³-hybridized carbons (Fsp3) is 0. The first kappa shape index (κ1) is 9.52. The number of hydrogen-bond acceptors (Lipinski definition) is 2. The molecule has 0 aromatic heterocycles. The Hall–Kier alpha value is -0.480. The van der Waals surface area contributed by atoms with Gasteiger partial charge in [0.15, 0.2) is 11.5 Å². The van der Waals surface area contributed by atoms with E-state index in [1.807, 2.05) is 30.3 Å². The Kier molecular flexibility index (Phi) is 6.32. The normalized spacial score (nSPS) is 7.30. The second-order valence-electron chi connectivity index (χ2n) is 1.38. The molecule has 0 atom stereocenters. The van der Waals surface area contributed by atoms with Gasteiger partial charge in [0, 0.05) is 4.47 Å². The van der Waals surface area contributed by atoms with Gasteiger partial charge in [-0.2, -0.15) is 4.21 Å². The maximum Gasteiger partial charge on any atom is 0.196 e. The predicted molar refractivity (Wildman–Crippen MR) is 45.0 cm³/mol. The minimum atomic E-state index is -0.250. The quantitative estimate of drug-likeness (QED) is 0.716. The minimum Gasteiger partial charge on any atom is -0.210 e. The van der Waals surface area contributed by atoms with Crippen LogP contribution < -0.4 is 0 Å². The molecular weight excluding hydrogens is 214 g/mol. The summed E-state index contributed by atoms with van der Waals surface area (Å²) in [6, 6.07) is 9.97. The summed E-state index contributed by atoms with van der Waals surface area (Å²) in [6.07, 6.45) is 0. The van der Waals surface area contributed by atoms with E-state index in [-0.39, 0.29) is 11.5 Å². The van der Waals surface area contributed by atoms with E-state index in [2.05, 4.69) is 15.9 Å². The third-order valence-electron chi connectivity index (χ3n) is 0.733. The van der Waals surface area contributed by atoms with Crippen LogP contribution in [0, 0.1) is 4.78 Å². The zero-order valence-corrected chi connectivity index (χ0v) is 7.48. The first-order valence-corrected chi connectivity index (χ1v) is 4.01. The molecular formula is C6H6BrNOS. The second kappa shape index (κ2) is 6.64. The molecule has 2 nitrogen and oxygen atoms in total. The lowest BCUT2D eigenvalue weighted by Crippen LogP contribution is -1.55. The van der Waals surface area contributed by atoms with Crippen LogP contribution in [0.5, 0.6) is 0 Å². The van der Waals surface area contributed by atoms with Gasteiger partial charge in [0.2, 0.25) is 0 Å². The van der Waals surface area contributed by atoms with Gasteiger partial charge in [-0.15, -0.1) is 0 Å². The molecule has 0 aliphatic rings. The lowest BCUT2D eigenvalue weighted by Gasteiger charge is -1.80. The van der Waals surface area contributed by atoms with Crippen molar-refractivity contribution in [3.63, 3.8) is 0 Å². The van der Waals surface area contributed by atoms with Crippen LogP contribution in [-0.4, -0.2) is 4.21 Å². The van der Waals surface area contributed by atoms with Gasteiger partial charge in [-0.25, -0.2) is 4.78 Å². The van der Waals surface area contributed by atoms with Gasteiger partial charge >= 0.3 is 0 Å². The molecule has 0 spiro atoms. The highest BCUT2D eigenvalue weighted by molar-refractivity contribution is 9.10. The van der Waals surface area contributed by atoms with Crippen molar-refractivity contribution in [1.82, 2.24) is 0 Å². The van der Waals surface area contributed by atoms with Gasteiger partial charge < -0.3 is 0 Å². The molecule has 54 valence electrons. The van der Waals surface area contributed by atoms with Crippen LogP contribution >= 0.6 is 15.9 Å². The molecule has 0 aliphatic carbocycles. The average Bonchev–Trinajstić information content (AvgIpc) is 1.91. The van der Waals surface area contributed by atoms with Crippen molar-refractivity contribution in [2.24, 2.45) is 0 Å². The van der Waals surface area contributed by atoms with Gasteiger partial charge in [-0.05, 0) is 12.1 Å². The Morgan fingerprint density at radius 1 is 1.30 bits per heavy atom. The average molecular weight is 220 g/mol. The van der Waals surface area contributed by atoms with Crippen molar-refractivity contribution in [1.29, 1.82) is 4.78 Å². The standard InChI is InChI=1S/C6H5Br.HNOS/c7-6-4-2-1-3-5-6;1-3-2/h1-5H;1H. The molecule has 0 saturated heterocycles. The van der Waals surface area contributed by atoms with Crippen LogP contribution in [0.15, 0.2) is 34.8 Å². The van der Waals surface area contributed by atoms with Crippen molar-refractivity contribution in [2.45, 2.75) is 0 Å².